The van der Waals surface area contributed by atoms with Gasteiger partial charge in [0.05, 0.1) is 6.10 Å². The van der Waals surface area contributed by atoms with Gasteiger partial charge in [-0.05, 0) is 46.3 Å². The van der Waals surface area contributed by atoms with Gasteiger partial charge in [0.1, 0.15) is 0 Å². The van der Waals surface area contributed by atoms with Gasteiger partial charge in [0.2, 0.25) is 0 Å². The molecule has 0 spiro atoms. The third-order valence-electron chi connectivity index (χ3n) is 3.81. The van der Waals surface area contributed by atoms with Crippen LogP contribution < -0.4 is 16.0 Å². The number of carbonyl (C=O) groups is 2. The van der Waals surface area contributed by atoms with Crippen LogP contribution in [0.15, 0.2) is 37.1 Å². The molecular weight excluding hydrogens is 306 g/mol. The molecule has 2 amide bonds. The molecule has 0 heterocycles. The van der Waals surface area contributed by atoms with Crippen molar-refractivity contribution in [2.24, 2.45) is 0 Å². The van der Waals surface area contributed by atoms with Crippen molar-refractivity contribution in [3.63, 3.8) is 0 Å². The molecule has 0 aromatic heterocycles. The molecule has 0 aliphatic heterocycles. The van der Waals surface area contributed by atoms with Crippen molar-refractivity contribution in [2.75, 3.05) is 6.54 Å². The number of carbonyl (C=O) groups excluding carboxylic acids is 2. The number of rotatable bonds is 9. The molecule has 0 aliphatic rings. The fraction of sp³-hybridized carbons (Fsp3) is 0.556. The van der Waals surface area contributed by atoms with Crippen LogP contribution in [0, 0.1) is 0 Å². The lowest BCUT2D eigenvalue weighted by Crippen LogP contribution is -2.60. The van der Waals surface area contributed by atoms with E-state index in [4.69, 9.17) is 0 Å². The van der Waals surface area contributed by atoms with E-state index in [2.05, 4.69) is 36.0 Å². The quantitative estimate of drug-likeness (QED) is 0.378. The summed E-state index contributed by atoms with van der Waals surface area (Å²) in [5.41, 5.74) is -0.407. The lowest BCUT2D eigenvalue weighted by Gasteiger charge is -2.39. The number of hydrogen-bond donors (Lipinski definition) is 4. The summed E-state index contributed by atoms with van der Waals surface area (Å²) in [5, 5.41) is 18.5. The van der Waals surface area contributed by atoms with Crippen molar-refractivity contribution < 1.29 is 14.7 Å². The van der Waals surface area contributed by atoms with Crippen molar-refractivity contribution in [1.29, 1.82) is 0 Å². The largest absolute Gasteiger partial charge is 0.389 e. The molecule has 136 valence electrons. The minimum absolute atomic E-state index is 0.0410. The van der Waals surface area contributed by atoms with Gasteiger partial charge in [0.25, 0.3) is 0 Å². The number of allylic oxidation sites excluding steroid dienone is 3. The molecule has 24 heavy (non-hydrogen) atoms. The molecular formula is C18H31N3O3. The first kappa shape index (κ1) is 22.1. The topological polar surface area (TPSA) is 90.5 Å². The average molecular weight is 337 g/mol. The average Bonchev–Trinajstić information content (AvgIpc) is 2.50. The van der Waals surface area contributed by atoms with E-state index < -0.39 is 23.5 Å². The molecule has 0 aromatic rings. The second-order valence-electron chi connectivity index (χ2n) is 6.83. The van der Waals surface area contributed by atoms with E-state index in [1.165, 1.54) is 18.2 Å². The third-order valence-corrected chi connectivity index (χ3v) is 3.81. The van der Waals surface area contributed by atoms with Crippen LogP contribution >= 0.6 is 0 Å². The normalized spacial score (nSPS) is 13.8. The van der Waals surface area contributed by atoms with Gasteiger partial charge in [-0.25, -0.2) is 0 Å². The molecule has 0 aliphatic carbocycles. The predicted octanol–water partition coefficient (Wildman–Crippen LogP) is 1.39. The molecule has 0 rings (SSSR count). The summed E-state index contributed by atoms with van der Waals surface area (Å²) < 4.78 is 0. The highest BCUT2D eigenvalue weighted by molar-refractivity contribution is 6.35. The number of amides is 2. The van der Waals surface area contributed by atoms with Crippen LogP contribution in [0.3, 0.4) is 0 Å². The van der Waals surface area contributed by atoms with Crippen molar-refractivity contribution >= 4 is 11.8 Å². The van der Waals surface area contributed by atoms with Crippen LogP contribution in [0.5, 0.6) is 0 Å². The predicted molar refractivity (Wildman–Crippen MR) is 97.2 cm³/mol. The number of aliphatic hydroxyl groups is 1. The van der Waals surface area contributed by atoms with Crippen molar-refractivity contribution in [2.45, 2.75) is 58.2 Å². The molecule has 0 aromatic carbocycles. The highest BCUT2D eigenvalue weighted by atomic mass is 16.3. The number of nitrogens with one attached hydrogen (secondary N) is 3. The van der Waals surface area contributed by atoms with Crippen LogP contribution in [-0.2, 0) is 9.59 Å². The van der Waals surface area contributed by atoms with Crippen molar-refractivity contribution in [1.82, 2.24) is 16.0 Å². The smallest absolute Gasteiger partial charge is 0.313 e. The zero-order chi connectivity index (χ0) is 19.0. The summed E-state index contributed by atoms with van der Waals surface area (Å²) in [6.07, 6.45) is 4.43. The zero-order valence-corrected chi connectivity index (χ0v) is 15.4. The van der Waals surface area contributed by atoms with Gasteiger partial charge in [-0.15, -0.1) is 0 Å². The maximum Gasteiger partial charge on any atom is 0.313 e. The molecule has 0 saturated heterocycles. The molecule has 0 fully saturated rings. The van der Waals surface area contributed by atoms with Crippen molar-refractivity contribution in [3.05, 3.63) is 37.1 Å². The van der Waals surface area contributed by atoms with Gasteiger partial charge < -0.3 is 21.1 Å². The van der Waals surface area contributed by atoms with Gasteiger partial charge in [-0.3, -0.25) is 9.59 Å². The van der Waals surface area contributed by atoms with Gasteiger partial charge >= 0.3 is 11.8 Å². The highest BCUT2D eigenvalue weighted by Crippen LogP contribution is 2.17. The van der Waals surface area contributed by atoms with E-state index in [0.29, 0.717) is 5.70 Å². The van der Waals surface area contributed by atoms with Gasteiger partial charge in [-0.2, -0.15) is 0 Å². The Morgan fingerprint density at radius 2 is 1.75 bits per heavy atom. The summed E-state index contributed by atoms with van der Waals surface area (Å²) in [6.45, 7) is 16.8. The van der Waals surface area contributed by atoms with Crippen LogP contribution in [-0.4, -0.2) is 40.6 Å². The van der Waals surface area contributed by atoms with Crippen LogP contribution in [0.4, 0.5) is 0 Å². The summed E-state index contributed by atoms with van der Waals surface area (Å²) >= 11 is 0. The van der Waals surface area contributed by atoms with Gasteiger partial charge in [-0.1, -0.05) is 26.2 Å². The first-order valence-electron chi connectivity index (χ1n) is 8.00. The lowest BCUT2D eigenvalue weighted by atomic mass is 9.91. The highest BCUT2D eigenvalue weighted by Gasteiger charge is 2.33. The summed E-state index contributed by atoms with van der Waals surface area (Å²) in [4.78, 5) is 23.6. The maximum absolute atomic E-state index is 11.8. The van der Waals surface area contributed by atoms with E-state index in [-0.39, 0.29) is 12.1 Å². The van der Waals surface area contributed by atoms with Gasteiger partial charge in [0, 0.05) is 23.3 Å². The molecule has 6 nitrogen and oxygen atoms in total. The van der Waals surface area contributed by atoms with Crippen LogP contribution in [0.2, 0.25) is 0 Å². The Hall–Kier alpha value is -1.92. The molecule has 0 radical (unpaired) electrons. The fourth-order valence-corrected chi connectivity index (χ4v) is 2.04. The maximum atomic E-state index is 11.8. The molecule has 4 N–H and O–H groups in total. The minimum atomic E-state index is -0.859. The fourth-order valence-electron chi connectivity index (χ4n) is 2.04. The Morgan fingerprint density at radius 3 is 2.21 bits per heavy atom. The summed E-state index contributed by atoms with van der Waals surface area (Å²) in [5.74, 6) is -1.65. The van der Waals surface area contributed by atoms with Crippen LogP contribution in [0.1, 0.15) is 41.0 Å². The molecule has 0 saturated carbocycles. The number of aliphatic hydroxyl groups excluding tert-OH is 1. The lowest BCUT2D eigenvalue weighted by molar-refractivity contribution is -0.139. The Labute approximate surface area is 145 Å². The monoisotopic (exact) mass is 337 g/mol. The summed E-state index contributed by atoms with van der Waals surface area (Å²) in [6, 6.07) is 0. The standard InChI is InChI=1S/C18H31N3O3/c1-8-11-13(9-2)20-16(24)15(23)19-12-14(22)18(6,7)21-17(4,5)10-3/h8-9,11,14,21-22H,1-2,10,12H2,3-7H3,(H,19,23)(H,20,24)/b13-11+. The third kappa shape index (κ3) is 7.57. The Morgan fingerprint density at radius 1 is 1.17 bits per heavy atom. The van der Waals surface area contributed by atoms with E-state index in [9.17, 15) is 14.7 Å². The zero-order valence-electron chi connectivity index (χ0n) is 15.4. The van der Waals surface area contributed by atoms with Gasteiger partial charge in [0.15, 0.2) is 0 Å². The molecule has 1 unspecified atom stereocenters. The van der Waals surface area contributed by atoms with Crippen LogP contribution in [0.25, 0.3) is 0 Å². The van der Waals surface area contributed by atoms with Crippen molar-refractivity contribution in [3.8, 4) is 0 Å². The Kier molecular flexibility index (Phi) is 8.64. The Balaban J connectivity index is 4.63. The first-order valence-corrected chi connectivity index (χ1v) is 8.00. The SMILES string of the molecule is C=C/C=C(\C=C)NC(=O)C(=O)NCC(O)C(C)(C)NC(C)(C)CC. The Bertz CT molecular complexity index is 508. The molecule has 0 bridgehead atoms. The minimum Gasteiger partial charge on any atom is -0.389 e. The second kappa shape index (κ2) is 9.39. The van der Waals surface area contributed by atoms with E-state index >= 15 is 0 Å². The van der Waals surface area contributed by atoms with E-state index in [1.807, 2.05) is 27.7 Å². The van der Waals surface area contributed by atoms with E-state index in [0.717, 1.165) is 6.42 Å². The second-order valence-corrected chi connectivity index (χ2v) is 6.83. The van der Waals surface area contributed by atoms with E-state index in [1.54, 1.807) is 0 Å². The number of hydrogen-bond acceptors (Lipinski definition) is 4. The molecule has 6 heteroatoms. The first-order chi connectivity index (χ1) is 11.0. The summed E-state index contributed by atoms with van der Waals surface area (Å²) in [7, 11) is 0. The molecule has 1 atom stereocenters.